The minimum Gasteiger partial charge on any atom is -0.378 e. The fourth-order valence-corrected chi connectivity index (χ4v) is 1.87. The van der Waals surface area contributed by atoms with Crippen molar-refractivity contribution in [3.05, 3.63) is 0 Å². The van der Waals surface area contributed by atoms with Crippen LogP contribution in [0.2, 0.25) is 0 Å². The number of rotatable bonds is 3. The summed E-state index contributed by atoms with van der Waals surface area (Å²) in [4.78, 5) is 13.3. The second-order valence-electron chi connectivity index (χ2n) is 3.60. The van der Waals surface area contributed by atoms with Crippen molar-refractivity contribution in [2.75, 3.05) is 19.7 Å². The summed E-state index contributed by atoms with van der Waals surface area (Å²) in [6.45, 7) is 6.03. The molecule has 82 valence electrons. The fourth-order valence-electron chi connectivity index (χ4n) is 1.73. The van der Waals surface area contributed by atoms with Gasteiger partial charge in [0.2, 0.25) is 5.91 Å². The summed E-state index contributed by atoms with van der Waals surface area (Å²) in [7, 11) is 0. The summed E-state index contributed by atoms with van der Waals surface area (Å²) >= 11 is 5.74. The highest BCUT2D eigenvalue weighted by Gasteiger charge is 2.24. The first-order valence-electron chi connectivity index (χ1n) is 5.19. The number of hydrogen-bond acceptors (Lipinski definition) is 2. The van der Waals surface area contributed by atoms with Gasteiger partial charge in [0.1, 0.15) is 5.38 Å². The lowest BCUT2D eigenvalue weighted by Crippen LogP contribution is -2.43. The van der Waals surface area contributed by atoms with Gasteiger partial charge in [-0.15, -0.1) is 11.6 Å². The zero-order chi connectivity index (χ0) is 10.6. The summed E-state index contributed by atoms with van der Waals surface area (Å²) in [5.41, 5.74) is 0. The van der Waals surface area contributed by atoms with Crippen molar-refractivity contribution in [3.8, 4) is 0 Å². The van der Waals surface area contributed by atoms with E-state index in [0.29, 0.717) is 6.10 Å². The molecule has 0 radical (unpaired) electrons. The molecule has 0 spiro atoms. The van der Waals surface area contributed by atoms with Crippen molar-refractivity contribution in [3.63, 3.8) is 0 Å². The van der Waals surface area contributed by atoms with E-state index in [2.05, 4.69) is 0 Å². The normalized spacial score (nSPS) is 20.9. The van der Waals surface area contributed by atoms with E-state index in [1.165, 1.54) is 0 Å². The van der Waals surface area contributed by atoms with Crippen LogP contribution < -0.4 is 0 Å². The van der Waals surface area contributed by atoms with Gasteiger partial charge in [0.05, 0.1) is 6.10 Å². The highest BCUT2D eigenvalue weighted by atomic mass is 35.5. The number of amides is 1. The number of hydrogen-bond donors (Lipinski definition) is 0. The average Bonchev–Trinajstić information content (AvgIpc) is 2.18. The third-order valence-electron chi connectivity index (χ3n) is 2.50. The lowest BCUT2D eigenvalue weighted by atomic mass is 10.1. The van der Waals surface area contributed by atoms with E-state index < -0.39 is 5.38 Å². The quantitative estimate of drug-likeness (QED) is 0.676. The summed E-state index contributed by atoms with van der Waals surface area (Å²) in [6.07, 6.45) is 2.20. The molecule has 0 aromatic carbocycles. The van der Waals surface area contributed by atoms with Gasteiger partial charge in [0, 0.05) is 19.7 Å². The van der Waals surface area contributed by atoms with Crippen LogP contribution in [-0.4, -0.2) is 42.0 Å². The average molecular weight is 220 g/mol. The molecule has 1 aliphatic rings. The van der Waals surface area contributed by atoms with Gasteiger partial charge in [0.15, 0.2) is 0 Å². The zero-order valence-electron chi connectivity index (χ0n) is 8.83. The van der Waals surface area contributed by atoms with Crippen molar-refractivity contribution in [1.29, 1.82) is 0 Å². The third kappa shape index (κ3) is 3.14. The van der Waals surface area contributed by atoms with Gasteiger partial charge in [-0.1, -0.05) is 0 Å². The van der Waals surface area contributed by atoms with E-state index in [-0.39, 0.29) is 5.91 Å². The van der Waals surface area contributed by atoms with Crippen LogP contribution in [0, 0.1) is 0 Å². The standard InChI is InChI=1S/C10H18ClNO2/c1-3-14-9-4-6-12(7-5-9)10(13)8(2)11/h8-9H,3-7H2,1-2H3. The molecule has 4 heteroatoms. The summed E-state index contributed by atoms with van der Waals surface area (Å²) in [5.74, 6) is 0.0432. The van der Waals surface area contributed by atoms with Gasteiger partial charge in [-0.25, -0.2) is 0 Å². The topological polar surface area (TPSA) is 29.5 Å². The number of carbonyl (C=O) groups is 1. The van der Waals surface area contributed by atoms with Gasteiger partial charge >= 0.3 is 0 Å². The van der Waals surface area contributed by atoms with Crippen molar-refractivity contribution in [2.24, 2.45) is 0 Å². The molecule has 0 aliphatic carbocycles. The molecule has 3 nitrogen and oxygen atoms in total. The second-order valence-corrected chi connectivity index (χ2v) is 4.25. The number of likely N-dealkylation sites (tertiary alicyclic amines) is 1. The molecule has 0 aromatic rings. The maximum atomic E-state index is 11.5. The third-order valence-corrected chi connectivity index (χ3v) is 2.68. The Morgan fingerprint density at radius 3 is 2.57 bits per heavy atom. The predicted molar refractivity (Wildman–Crippen MR) is 56.5 cm³/mol. The van der Waals surface area contributed by atoms with E-state index in [1.54, 1.807) is 6.92 Å². The number of ether oxygens (including phenoxy) is 1. The summed E-state index contributed by atoms with van der Waals surface area (Å²) < 4.78 is 5.50. The van der Waals surface area contributed by atoms with Crippen LogP contribution in [0.25, 0.3) is 0 Å². The molecule has 0 saturated carbocycles. The molecule has 1 aliphatic heterocycles. The highest BCUT2D eigenvalue weighted by molar-refractivity contribution is 6.30. The first kappa shape index (κ1) is 11.8. The van der Waals surface area contributed by atoms with Gasteiger partial charge < -0.3 is 9.64 Å². The Morgan fingerprint density at radius 2 is 2.14 bits per heavy atom. The Bertz CT molecular complexity index is 189. The minimum atomic E-state index is -0.404. The predicted octanol–water partition coefficient (Wildman–Crippen LogP) is 1.64. The lowest BCUT2D eigenvalue weighted by Gasteiger charge is -2.32. The van der Waals surface area contributed by atoms with E-state index in [1.807, 2.05) is 11.8 Å². The largest absolute Gasteiger partial charge is 0.378 e. The molecule has 0 bridgehead atoms. The van der Waals surface area contributed by atoms with Crippen molar-refractivity contribution in [1.82, 2.24) is 4.90 Å². The monoisotopic (exact) mass is 219 g/mol. The van der Waals surface area contributed by atoms with Crippen LogP contribution in [-0.2, 0) is 9.53 Å². The fraction of sp³-hybridized carbons (Fsp3) is 0.900. The van der Waals surface area contributed by atoms with Gasteiger partial charge in [0.25, 0.3) is 0 Å². The maximum absolute atomic E-state index is 11.5. The Morgan fingerprint density at radius 1 is 1.57 bits per heavy atom. The molecule has 14 heavy (non-hydrogen) atoms. The Hall–Kier alpha value is -0.280. The van der Waals surface area contributed by atoms with E-state index >= 15 is 0 Å². The number of halogens is 1. The Balaban J connectivity index is 2.32. The molecule has 1 fully saturated rings. The smallest absolute Gasteiger partial charge is 0.240 e. The van der Waals surface area contributed by atoms with Crippen LogP contribution in [0.4, 0.5) is 0 Å². The highest BCUT2D eigenvalue weighted by Crippen LogP contribution is 2.15. The van der Waals surface area contributed by atoms with E-state index in [4.69, 9.17) is 16.3 Å². The minimum absolute atomic E-state index is 0.0432. The molecular weight excluding hydrogens is 202 g/mol. The van der Waals surface area contributed by atoms with Gasteiger partial charge in [-0.3, -0.25) is 4.79 Å². The van der Waals surface area contributed by atoms with Gasteiger partial charge in [-0.05, 0) is 26.7 Å². The van der Waals surface area contributed by atoms with Crippen LogP contribution in [0.1, 0.15) is 26.7 Å². The Labute approximate surface area is 90.4 Å². The van der Waals surface area contributed by atoms with Crippen molar-refractivity contribution >= 4 is 17.5 Å². The van der Waals surface area contributed by atoms with Crippen molar-refractivity contribution < 1.29 is 9.53 Å². The number of carbonyl (C=O) groups excluding carboxylic acids is 1. The van der Waals surface area contributed by atoms with Crippen LogP contribution in [0.3, 0.4) is 0 Å². The second kappa shape index (κ2) is 5.56. The van der Waals surface area contributed by atoms with Crippen LogP contribution >= 0.6 is 11.6 Å². The Kier molecular flexibility index (Phi) is 4.69. The number of piperidine rings is 1. The van der Waals surface area contributed by atoms with Crippen molar-refractivity contribution in [2.45, 2.75) is 38.2 Å². The van der Waals surface area contributed by atoms with Crippen LogP contribution in [0.15, 0.2) is 0 Å². The molecule has 1 amide bonds. The zero-order valence-corrected chi connectivity index (χ0v) is 9.59. The lowest BCUT2D eigenvalue weighted by molar-refractivity contribution is -0.133. The summed E-state index contributed by atoms with van der Waals surface area (Å²) in [5, 5.41) is -0.404. The number of alkyl halides is 1. The first-order valence-corrected chi connectivity index (χ1v) is 5.63. The molecule has 0 N–H and O–H groups in total. The molecule has 1 saturated heterocycles. The first-order chi connectivity index (χ1) is 6.65. The molecule has 1 atom stereocenters. The molecule has 1 rings (SSSR count). The van der Waals surface area contributed by atoms with Crippen LogP contribution in [0.5, 0.6) is 0 Å². The molecular formula is C10H18ClNO2. The SMILES string of the molecule is CCOC1CCN(C(=O)C(C)Cl)CC1. The van der Waals surface area contributed by atoms with Gasteiger partial charge in [-0.2, -0.15) is 0 Å². The van der Waals surface area contributed by atoms with E-state index in [9.17, 15) is 4.79 Å². The molecule has 1 heterocycles. The summed E-state index contributed by atoms with van der Waals surface area (Å²) in [6, 6.07) is 0. The molecule has 0 aromatic heterocycles. The van der Waals surface area contributed by atoms with E-state index in [0.717, 1.165) is 32.5 Å². The molecule has 1 unspecified atom stereocenters. The maximum Gasteiger partial charge on any atom is 0.240 e. The number of nitrogens with zero attached hydrogens (tertiary/aromatic N) is 1.